The van der Waals surface area contributed by atoms with E-state index in [9.17, 15) is 4.79 Å². The van der Waals surface area contributed by atoms with Crippen molar-refractivity contribution in [1.82, 2.24) is 5.32 Å². The van der Waals surface area contributed by atoms with Crippen molar-refractivity contribution in [2.75, 3.05) is 0 Å². The number of benzene rings is 2. The minimum atomic E-state index is -0.525. The highest BCUT2D eigenvalue weighted by atomic mass is 35.5. The fourth-order valence-electron chi connectivity index (χ4n) is 4.23. The number of amidine groups is 1. The normalized spacial score (nSPS) is 16.8. The second-order valence-corrected chi connectivity index (χ2v) is 8.56. The van der Waals surface area contributed by atoms with Crippen LogP contribution >= 0.6 is 11.6 Å². The molecule has 2 aromatic rings. The van der Waals surface area contributed by atoms with Crippen LogP contribution in [0, 0.1) is 5.41 Å². The maximum absolute atomic E-state index is 13.2. The third-order valence-corrected chi connectivity index (χ3v) is 6.02. The molecule has 0 radical (unpaired) electrons. The molecule has 2 aromatic carbocycles. The van der Waals surface area contributed by atoms with Crippen LogP contribution in [0.15, 0.2) is 71.3 Å². The molecule has 0 aromatic heterocycles. The summed E-state index contributed by atoms with van der Waals surface area (Å²) in [4.78, 5) is 13.2. The summed E-state index contributed by atoms with van der Waals surface area (Å²) < 4.78 is 0. The summed E-state index contributed by atoms with van der Waals surface area (Å²) in [7, 11) is 0. The van der Waals surface area contributed by atoms with Crippen molar-refractivity contribution in [3.63, 3.8) is 0 Å². The van der Waals surface area contributed by atoms with Crippen molar-refractivity contribution < 1.29 is 4.79 Å². The SMILES string of the molecule is C=C(Cl)CC1(C(=O)NC(Cc2ccc(-c3ccccc3)cc2)C(N)=NN)CCCC1. The van der Waals surface area contributed by atoms with Crippen LogP contribution < -0.4 is 16.9 Å². The minimum absolute atomic E-state index is 0.0562. The van der Waals surface area contributed by atoms with Crippen LogP contribution in [0.1, 0.15) is 37.7 Å². The molecule has 0 spiro atoms. The number of nitrogens with two attached hydrogens (primary N) is 2. The van der Waals surface area contributed by atoms with E-state index in [1.807, 2.05) is 30.3 Å². The summed E-state index contributed by atoms with van der Waals surface area (Å²) in [6.07, 6.45) is 4.57. The Hall–Kier alpha value is -2.79. The van der Waals surface area contributed by atoms with Crippen LogP contribution in [0.2, 0.25) is 0 Å². The number of rotatable bonds is 8. The number of amides is 1. The predicted molar refractivity (Wildman–Crippen MR) is 124 cm³/mol. The number of halogens is 1. The topological polar surface area (TPSA) is 93.5 Å². The van der Waals surface area contributed by atoms with Crippen molar-refractivity contribution in [3.05, 3.63) is 71.8 Å². The van der Waals surface area contributed by atoms with Gasteiger partial charge in [0.05, 0.1) is 11.5 Å². The van der Waals surface area contributed by atoms with E-state index in [-0.39, 0.29) is 11.7 Å². The fourth-order valence-corrected chi connectivity index (χ4v) is 4.49. The summed E-state index contributed by atoms with van der Waals surface area (Å²) in [5.41, 5.74) is 8.84. The molecule has 0 bridgehead atoms. The third-order valence-electron chi connectivity index (χ3n) is 5.88. The highest BCUT2D eigenvalue weighted by molar-refractivity contribution is 6.29. The Morgan fingerprint density at radius 2 is 1.70 bits per heavy atom. The van der Waals surface area contributed by atoms with Crippen molar-refractivity contribution in [2.24, 2.45) is 22.1 Å². The molecule has 3 rings (SSSR count). The molecular weight excluding hydrogens is 396 g/mol. The summed E-state index contributed by atoms with van der Waals surface area (Å²) in [5.74, 6) is 5.59. The summed E-state index contributed by atoms with van der Waals surface area (Å²) in [5, 5.41) is 7.23. The van der Waals surface area contributed by atoms with Crippen molar-refractivity contribution in [2.45, 2.75) is 44.6 Å². The molecular formula is C24H29ClN4O. The van der Waals surface area contributed by atoms with E-state index in [0.717, 1.165) is 42.4 Å². The molecule has 158 valence electrons. The van der Waals surface area contributed by atoms with Crippen LogP contribution in [0.25, 0.3) is 11.1 Å². The fraction of sp³-hybridized carbons (Fsp3) is 0.333. The lowest BCUT2D eigenvalue weighted by molar-refractivity contribution is -0.131. The summed E-state index contributed by atoms with van der Waals surface area (Å²) in [6.45, 7) is 3.79. The Balaban J connectivity index is 1.75. The standard InChI is InChI=1S/C24H29ClN4O/c1-17(25)16-24(13-5-6-14-24)23(30)28-21(22(26)29-27)15-18-9-11-20(12-10-18)19-7-3-2-4-8-19/h2-4,7-12,21H,1,5-6,13-16,27H2,(H2,26,29)(H,28,30). The quantitative estimate of drug-likeness (QED) is 0.255. The first-order chi connectivity index (χ1) is 14.4. The zero-order valence-electron chi connectivity index (χ0n) is 17.1. The number of carbonyl (C=O) groups is 1. The minimum Gasteiger partial charge on any atom is -0.384 e. The van der Waals surface area contributed by atoms with E-state index in [1.54, 1.807) is 0 Å². The number of hydrazone groups is 1. The van der Waals surface area contributed by atoms with Gasteiger partial charge in [0, 0.05) is 5.03 Å². The van der Waals surface area contributed by atoms with Gasteiger partial charge >= 0.3 is 0 Å². The maximum Gasteiger partial charge on any atom is 0.227 e. The van der Waals surface area contributed by atoms with Gasteiger partial charge in [-0.05, 0) is 42.4 Å². The van der Waals surface area contributed by atoms with Gasteiger partial charge in [-0.15, -0.1) is 0 Å². The highest BCUT2D eigenvalue weighted by Crippen LogP contribution is 2.43. The lowest BCUT2D eigenvalue weighted by Crippen LogP contribution is -2.51. The van der Waals surface area contributed by atoms with Crippen LogP contribution in [0.3, 0.4) is 0 Å². The van der Waals surface area contributed by atoms with Crippen LogP contribution in [-0.2, 0) is 11.2 Å². The van der Waals surface area contributed by atoms with E-state index >= 15 is 0 Å². The number of hydrogen-bond donors (Lipinski definition) is 3. The van der Waals surface area contributed by atoms with Gasteiger partial charge in [-0.1, -0.05) is 85.6 Å². The van der Waals surface area contributed by atoms with Crippen molar-refractivity contribution in [3.8, 4) is 11.1 Å². The molecule has 1 unspecified atom stereocenters. The van der Waals surface area contributed by atoms with Crippen LogP contribution in [0.4, 0.5) is 0 Å². The zero-order chi connectivity index (χ0) is 21.6. The number of hydrogen-bond acceptors (Lipinski definition) is 3. The molecule has 0 saturated heterocycles. The van der Waals surface area contributed by atoms with E-state index in [0.29, 0.717) is 17.9 Å². The van der Waals surface area contributed by atoms with Gasteiger partial charge in [0.1, 0.15) is 5.84 Å². The van der Waals surface area contributed by atoms with Gasteiger partial charge in [0.25, 0.3) is 0 Å². The van der Waals surface area contributed by atoms with E-state index < -0.39 is 11.5 Å². The molecule has 1 saturated carbocycles. The second kappa shape index (κ2) is 9.81. The molecule has 1 aliphatic carbocycles. The molecule has 30 heavy (non-hydrogen) atoms. The van der Waals surface area contributed by atoms with Gasteiger partial charge in [0.2, 0.25) is 5.91 Å². The molecule has 5 nitrogen and oxygen atoms in total. The largest absolute Gasteiger partial charge is 0.384 e. The average Bonchev–Trinajstić information content (AvgIpc) is 3.23. The van der Waals surface area contributed by atoms with Crippen molar-refractivity contribution >= 4 is 23.3 Å². The van der Waals surface area contributed by atoms with E-state index in [1.165, 1.54) is 0 Å². The Labute approximate surface area is 183 Å². The molecule has 6 heteroatoms. The van der Waals surface area contributed by atoms with Gasteiger partial charge in [-0.3, -0.25) is 4.79 Å². The first-order valence-electron chi connectivity index (χ1n) is 10.3. The van der Waals surface area contributed by atoms with Crippen molar-refractivity contribution in [1.29, 1.82) is 0 Å². The molecule has 0 heterocycles. The van der Waals surface area contributed by atoms with E-state index in [4.69, 9.17) is 23.2 Å². The summed E-state index contributed by atoms with van der Waals surface area (Å²) in [6, 6.07) is 17.9. The summed E-state index contributed by atoms with van der Waals surface area (Å²) >= 11 is 6.07. The average molecular weight is 425 g/mol. The molecule has 1 fully saturated rings. The number of nitrogens with one attached hydrogen (secondary N) is 1. The molecule has 0 aliphatic heterocycles. The van der Waals surface area contributed by atoms with Gasteiger partial charge in [-0.25, -0.2) is 0 Å². The smallest absolute Gasteiger partial charge is 0.227 e. The second-order valence-electron chi connectivity index (χ2n) is 8.03. The zero-order valence-corrected chi connectivity index (χ0v) is 17.9. The van der Waals surface area contributed by atoms with Crippen LogP contribution in [-0.4, -0.2) is 17.8 Å². The first-order valence-corrected chi connectivity index (χ1v) is 10.6. The monoisotopic (exact) mass is 424 g/mol. The molecule has 5 N–H and O–H groups in total. The Kier molecular flexibility index (Phi) is 7.16. The Morgan fingerprint density at radius 1 is 1.10 bits per heavy atom. The lowest BCUT2D eigenvalue weighted by Gasteiger charge is -2.30. The van der Waals surface area contributed by atoms with Gasteiger partial charge in [0.15, 0.2) is 0 Å². The number of nitrogens with zero attached hydrogens (tertiary/aromatic N) is 1. The lowest BCUT2D eigenvalue weighted by atomic mass is 9.81. The molecule has 1 aliphatic rings. The number of carbonyl (C=O) groups excluding carboxylic acids is 1. The number of allylic oxidation sites excluding steroid dienone is 1. The maximum atomic E-state index is 13.2. The van der Waals surface area contributed by atoms with Gasteiger partial charge < -0.3 is 16.9 Å². The van der Waals surface area contributed by atoms with E-state index in [2.05, 4.69) is 41.3 Å². The Morgan fingerprint density at radius 3 is 2.27 bits per heavy atom. The first kappa shape index (κ1) is 21.9. The van der Waals surface area contributed by atoms with Crippen LogP contribution in [0.5, 0.6) is 0 Å². The highest BCUT2D eigenvalue weighted by Gasteiger charge is 2.42. The molecule has 1 atom stereocenters. The Bertz CT molecular complexity index is 903. The predicted octanol–water partition coefficient (Wildman–Crippen LogP) is 4.31. The van der Waals surface area contributed by atoms with Gasteiger partial charge in [-0.2, -0.15) is 5.10 Å². The third kappa shape index (κ3) is 5.22. The molecule has 1 amide bonds.